The molecular weight excluding hydrogens is 508 g/mol. The fraction of sp³-hybridized carbons (Fsp3) is 0.931. The Kier molecular flexibility index (Phi) is 6.28. The van der Waals surface area contributed by atoms with Gasteiger partial charge in [-0.1, -0.05) is 20.8 Å². The molecule has 39 heavy (non-hydrogen) atoms. The van der Waals surface area contributed by atoms with Crippen LogP contribution < -0.4 is 0 Å². The summed E-state index contributed by atoms with van der Waals surface area (Å²) < 4.78 is 52.9. The van der Waals surface area contributed by atoms with Gasteiger partial charge in [-0.05, 0) is 97.6 Å². The zero-order valence-electron chi connectivity index (χ0n) is 27.7. The number of carboxylic acid groups (broad SMARTS) is 1. The molecular formula is C29H46O10. The highest BCUT2D eigenvalue weighted by Crippen LogP contribution is 2.68. The fourth-order valence-electron chi connectivity index (χ4n) is 9.10. The van der Waals surface area contributed by atoms with Crippen molar-refractivity contribution in [3.8, 4) is 0 Å². The van der Waals surface area contributed by atoms with Crippen molar-refractivity contribution in [2.24, 2.45) is 46.3 Å². The molecule has 222 valence electrons. The first-order chi connectivity index (χ1) is 20.1. The van der Waals surface area contributed by atoms with Crippen LogP contribution in [0.3, 0.4) is 0 Å². The van der Waals surface area contributed by atoms with Crippen LogP contribution in [0.4, 0.5) is 0 Å². The van der Waals surface area contributed by atoms with Crippen LogP contribution in [-0.2, 0) is 19.1 Å². The van der Waals surface area contributed by atoms with Crippen LogP contribution in [-0.4, -0.2) is 85.5 Å². The van der Waals surface area contributed by atoms with E-state index in [0.29, 0.717) is 12.8 Å². The third-order valence-corrected chi connectivity index (χ3v) is 11.2. The van der Waals surface area contributed by atoms with Gasteiger partial charge in [0.2, 0.25) is 6.29 Å². The minimum Gasteiger partial charge on any atom is -0.479 e. The van der Waals surface area contributed by atoms with Crippen LogP contribution >= 0.6 is 0 Å². The number of esters is 1. The van der Waals surface area contributed by atoms with Gasteiger partial charge in [-0.25, -0.2) is 4.79 Å². The summed E-state index contributed by atoms with van der Waals surface area (Å²) in [6.07, 6.45) is -15.7. The molecule has 0 aromatic rings. The predicted octanol–water partition coefficient (Wildman–Crippen LogP) is 1.44. The topological polar surface area (TPSA) is 174 Å². The molecule has 1 saturated heterocycles. The van der Waals surface area contributed by atoms with Crippen molar-refractivity contribution in [3.63, 3.8) is 0 Å². The largest absolute Gasteiger partial charge is 0.479 e. The number of rotatable bonds is 5. The molecule has 5 rings (SSSR count). The lowest BCUT2D eigenvalue weighted by Crippen LogP contribution is -2.60. The molecule has 4 aliphatic carbocycles. The minimum atomic E-state index is -2.95. The Morgan fingerprint density at radius 1 is 1.03 bits per heavy atom. The molecule has 5 unspecified atom stereocenters. The molecule has 0 aromatic carbocycles. The third-order valence-electron chi connectivity index (χ3n) is 11.2. The second-order valence-corrected chi connectivity index (χ2v) is 13.1. The van der Waals surface area contributed by atoms with E-state index in [2.05, 4.69) is 6.92 Å². The summed E-state index contributed by atoms with van der Waals surface area (Å²) in [5.74, 6) is -3.89. The first-order valence-corrected chi connectivity index (χ1v) is 14.1. The average Bonchev–Trinajstić information content (AvgIpc) is 3.26. The summed E-state index contributed by atoms with van der Waals surface area (Å²) in [6, 6.07) is 0. The van der Waals surface area contributed by atoms with Gasteiger partial charge in [0, 0.05) is 11.9 Å². The molecule has 0 spiro atoms. The molecule has 5 fully saturated rings. The smallest absolute Gasteiger partial charge is 0.335 e. The second kappa shape index (κ2) is 10.5. The summed E-state index contributed by atoms with van der Waals surface area (Å²) in [5, 5.41) is 61.7. The molecule has 10 heteroatoms. The van der Waals surface area contributed by atoms with Gasteiger partial charge in [-0.15, -0.1) is 0 Å². The van der Waals surface area contributed by atoms with Gasteiger partial charge in [0.15, 0.2) is 6.10 Å². The van der Waals surface area contributed by atoms with Gasteiger partial charge in [0.25, 0.3) is 0 Å². The van der Waals surface area contributed by atoms with Gasteiger partial charge in [0.05, 0.1) is 13.6 Å². The molecule has 10 nitrogen and oxygen atoms in total. The molecule has 4 saturated carbocycles. The number of aliphatic hydroxyl groups is 5. The number of hydrogen-bond donors (Lipinski definition) is 6. The van der Waals surface area contributed by atoms with E-state index in [1.807, 2.05) is 13.8 Å². The van der Waals surface area contributed by atoms with Crippen LogP contribution in [0.25, 0.3) is 0 Å². The Hall–Kier alpha value is -1.30. The van der Waals surface area contributed by atoms with Crippen molar-refractivity contribution in [1.82, 2.24) is 0 Å². The van der Waals surface area contributed by atoms with E-state index in [4.69, 9.17) is 16.3 Å². The number of hydrogen-bond acceptors (Lipinski definition) is 9. The minimum absolute atomic E-state index is 0.0162. The molecule has 0 bridgehead atoms. The maximum absolute atomic E-state index is 13.0. The normalized spacial score (nSPS) is 58.6. The van der Waals surface area contributed by atoms with Crippen LogP contribution in [0.15, 0.2) is 0 Å². The van der Waals surface area contributed by atoms with E-state index in [9.17, 15) is 40.2 Å². The summed E-state index contributed by atoms with van der Waals surface area (Å²) in [5.41, 5.74) is -1.19. The maximum atomic E-state index is 13.0. The van der Waals surface area contributed by atoms with E-state index in [0.717, 1.165) is 12.8 Å². The lowest BCUT2D eigenvalue weighted by atomic mass is 9.43. The molecule has 5 aliphatic rings. The summed E-state index contributed by atoms with van der Waals surface area (Å²) in [6.45, 7) is 5.89. The van der Waals surface area contributed by atoms with E-state index in [1.54, 1.807) is 0 Å². The number of carboxylic acids is 1. The van der Waals surface area contributed by atoms with Crippen LogP contribution in [0, 0.1) is 46.3 Å². The number of carbonyl (C=O) groups is 2. The van der Waals surface area contributed by atoms with Crippen LogP contribution in [0.2, 0.25) is 0 Å². The highest BCUT2D eigenvalue weighted by Gasteiger charge is 2.63. The van der Waals surface area contributed by atoms with Crippen molar-refractivity contribution in [2.75, 3.05) is 0 Å². The predicted molar refractivity (Wildman–Crippen MR) is 137 cm³/mol. The molecule has 0 radical (unpaired) electrons. The highest BCUT2D eigenvalue weighted by molar-refractivity contribution is 5.73. The summed E-state index contributed by atoms with van der Waals surface area (Å²) in [4.78, 5) is 24.3. The van der Waals surface area contributed by atoms with Crippen molar-refractivity contribution in [2.45, 2.75) is 121 Å². The Bertz CT molecular complexity index is 1160. The number of aliphatic hydroxyl groups excluding tert-OH is 4. The van der Waals surface area contributed by atoms with E-state index in [1.165, 1.54) is 0 Å². The molecule has 1 heterocycles. The van der Waals surface area contributed by atoms with Crippen molar-refractivity contribution < 1.29 is 56.6 Å². The number of ether oxygens (including phenoxy) is 2. The summed E-state index contributed by atoms with van der Waals surface area (Å²) in [7, 11) is 0. The molecule has 1 aliphatic heterocycles. The molecule has 0 aromatic heterocycles. The Morgan fingerprint density at radius 2 is 1.72 bits per heavy atom. The molecule has 0 amide bonds. The van der Waals surface area contributed by atoms with Crippen molar-refractivity contribution in [1.29, 1.82) is 0 Å². The van der Waals surface area contributed by atoms with Gasteiger partial charge >= 0.3 is 11.9 Å². The summed E-state index contributed by atoms with van der Waals surface area (Å²) >= 11 is 0. The van der Waals surface area contributed by atoms with Crippen molar-refractivity contribution in [3.05, 3.63) is 0 Å². The average molecular weight is 560 g/mol. The SMILES string of the molecule is [2H]C1([2H])C[C@@]2(C)[C@@H]3CC[C@]4(C)[C@H](CC[C@H]4[C@@H](C)CC(=O)OC4OC(C(=O)O)C(O)C(O)C4O)[C@H]3[C@H](O)C[C@H]2C([2H])([2H])[C@@]1([2H])O. The lowest BCUT2D eigenvalue weighted by Gasteiger charge is -2.62. The highest BCUT2D eigenvalue weighted by atomic mass is 16.7. The van der Waals surface area contributed by atoms with Crippen LogP contribution in [0.1, 0.15) is 85.3 Å². The monoisotopic (exact) mass is 559 g/mol. The Morgan fingerprint density at radius 3 is 2.41 bits per heavy atom. The third kappa shape index (κ3) is 4.83. The first-order valence-electron chi connectivity index (χ1n) is 16.6. The van der Waals surface area contributed by atoms with Gasteiger partial charge < -0.3 is 40.1 Å². The van der Waals surface area contributed by atoms with E-state index < -0.39 is 78.9 Å². The maximum Gasteiger partial charge on any atom is 0.335 e. The number of aliphatic carboxylic acids is 1. The van der Waals surface area contributed by atoms with Crippen LogP contribution in [0.5, 0.6) is 0 Å². The lowest BCUT2D eigenvalue weighted by molar-refractivity contribution is -0.286. The molecule has 15 atom stereocenters. The zero-order chi connectivity index (χ0) is 32.9. The van der Waals surface area contributed by atoms with E-state index in [-0.39, 0.29) is 54.3 Å². The molecule has 6 N–H and O–H groups in total. The standard InChI is InChI=1S/C29H46O10/c1-13(10-20(32)38-27-24(35)22(33)23(34)25(39-27)26(36)37)16-4-5-17-21-18(7-9-29(16,17)3)28(2)8-6-15(30)11-14(28)12-19(21)31/h13-19,21-25,27,30-31,33-35H,4-12H2,1-3H3,(H,36,37)/t13-,14+,15-,16-,17+,18+,19+,21+,22?,23?,24?,25?,27?,28+,29-/m0/s1/i6D2,11D2,15D. The van der Waals surface area contributed by atoms with Gasteiger partial charge in [-0.3, -0.25) is 4.79 Å². The second-order valence-electron chi connectivity index (χ2n) is 13.1. The quantitative estimate of drug-likeness (QED) is 0.271. The Balaban J connectivity index is 1.31. The number of fused-ring (bicyclic) bond motifs is 5. The van der Waals surface area contributed by atoms with Gasteiger partial charge in [0.1, 0.15) is 18.3 Å². The number of carbonyl (C=O) groups excluding carboxylic acids is 1. The van der Waals surface area contributed by atoms with Crippen molar-refractivity contribution >= 4 is 11.9 Å². The Labute approximate surface area is 236 Å². The fourth-order valence-corrected chi connectivity index (χ4v) is 9.10. The first kappa shape index (κ1) is 23.3. The van der Waals surface area contributed by atoms with E-state index >= 15 is 0 Å². The van der Waals surface area contributed by atoms with Gasteiger partial charge in [-0.2, -0.15) is 0 Å². The zero-order valence-corrected chi connectivity index (χ0v) is 22.7.